The van der Waals surface area contributed by atoms with Crippen LogP contribution in [0.5, 0.6) is 0 Å². The monoisotopic (exact) mass is 278 g/mol. The fourth-order valence-electron chi connectivity index (χ4n) is 2.95. The van der Waals surface area contributed by atoms with E-state index in [1.165, 1.54) is 31.7 Å². The lowest BCUT2D eigenvalue weighted by Crippen LogP contribution is -2.32. The number of hydrogen-bond acceptors (Lipinski definition) is 5. The summed E-state index contributed by atoms with van der Waals surface area (Å²) in [5.41, 5.74) is 4.39. The van der Waals surface area contributed by atoms with Gasteiger partial charge in [-0.25, -0.2) is 0 Å². The smallest absolute Gasteiger partial charge is 0.269 e. The van der Waals surface area contributed by atoms with Crippen molar-refractivity contribution in [3.05, 3.63) is 33.9 Å². The van der Waals surface area contributed by atoms with Crippen LogP contribution in [-0.4, -0.2) is 22.4 Å². The third kappa shape index (κ3) is 3.26. The molecule has 0 atom stereocenters. The molecule has 110 valence electrons. The third-order valence-corrected chi connectivity index (χ3v) is 4.08. The highest BCUT2D eigenvalue weighted by atomic mass is 16.6. The number of nitrogens with two attached hydrogens (primary N) is 1. The average molecular weight is 278 g/mol. The van der Waals surface area contributed by atoms with E-state index in [4.69, 9.17) is 5.84 Å². The largest absolute Gasteiger partial charge is 0.324 e. The Hall–Kier alpha value is -1.66. The summed E-state index contributed by atoms with van der Waals surface area (Å²) in [6, 6.07) is 5.36. The van der Waals surface area contributed by atoms with Gasteiger partial charge in [0.05, 0.1) is 10.6 Å². The van der Waals surface area contributed by atoms with Crippen molar-refractivity contribution in [1.29, 1.82) is 0 Å². The van der Waals surface area contributed by atoms with Crippen molar-refractivity contribution in [2.24, 2.45) is 5.84 Å². The SMILES string of the molecule is CCN(Cc1cc([N+](=O)[O-])ccc1NN)C1CCCC1. The van der Waals surface area contributed by atoms with E-state index in [1.54, 1.807) is 12.1 Å². The molecule has 6 nitrogen and oxygen atoms in total. The van der Waals surface area contributed by atoms with Gasteiger partial charge in [-0.05, 0) is 31.0 Å². The molecule has 1 aromatic carbocycles. The highest BCUT2D eigenvalue weighted by Crippen LogP contribution is 2.28. The number of hydrogen-bond donors (Lipinski definition) is 2. The van der Waals surface area contributed by atoms with Crippen molar-refractivity contribution >= 4 is 11.4 Å². The fourth-order valence-corrected chi connectivity index (χ4v) is 2.95. The second-order valence-electron chi connectivity index (χ2n) is 5.24. The minimum Gasteiger partial charge on any atom is -0.324 e. The Morgan fingerprint density at radius 3 is 2.70 bits per heavy atom. The maximum Gasteiger partial charge on any atom is 0.269 e. The number of non-ortho nitro benzene ring substituents is 1. The molecule has 0 aromatic heterocycles. The van der Waals surface area contributed by atoms with Crippen molar-refractivity contribution in [1.82, 2.24) is 4.90 Å². The van der Waals surface area contributed by atoms with Gasteiger partial charge in [-0.2, -0.15) is 0 Å². The van der Waals surface area contributed by atoms with Crippen LogP contribution in [-0.2, 0) is 6.54 Å². The zero-order valence-electron chi connectivity index (χ0n) is 11.8. The van der Waals surface area contributed by atoms with Gasteiger partial charge in [-0.1, -0.05) is 19.8 Å². The minimum absolute atomic E-state index is 0.112. The first kappa shape index (κ1) is 14.7. The first-order valence-corrected chi connectivity index (χ1v) is 7.13. The van der Waals surface area contributed by atoms with E-state index in [0.29, 0.717) is 12.6 Å². The van der Waals surface area contributed by atoms with Crippen molar-refractivity contribution in [2.75, 3.05) is 12.0 Å². The quantitative estimate of drug-likeness (QED) is 0.475. The zero-order chi connectivity index (χ0) is 14.5. The van der Waals surface area contributed by atoms with E-state index in [9.17, 15) is 10.1 Å². The van der Waals surface area contributed by atoms with Crippen LogP contribution in [0.4, 0.5) is 11.4 Å². The molecular formula is C14H22N4O2. The lowest BCUT2D eigenvalue weighted by atomic mass is 10.1. The van der Waals surface area contributed by atoms with Gasteiger partial charge in [-0.3, -0.25) is 20.9 Å². The maximum absolute atomic E-state index is 10.9. The van der Waals surface area contributed by atoms with Gasteiger partial charge in [0.2, 0.25) is 0 Å². The molecule has 1 saturated carbocycles. The lowest BCUT2D eigenvalue weighted by Gasteiger charge is -2.28. The Balaban J connectivity index is 2.20. The van der Waals surface area contributed by atoms with Crippen molar-refractivity contribution in [3.8, 4) is 0 Å². The number of nitro benzene ring substituents is 1. The minimum atomic E-state index is -0.365. The first-order valence-electron chi connectivity index (χ1n) is 7.13. The average Bonchev–Trinajstić information content (AvgIpc) is 2.98. The Morgan fingerprint density at radius 1 is 1.45 bits per heavy atom. The van der Waals surface area contributed by atoms with E-state index < -0.39 is 0 Å². The van der Waals surface area contributed by atoms with Gasteiger partial charge in [0.1, 0.15) is 0 Å². The second kappa shape index (κ2) is 6.67. The topological polar surface area (TPSA) is 84.4 Å². The Bertz CT molecular complexity index is 472. The van der Waals surface area contributed by atoms with Crippen LogP contribution in [0.3, 0.4) is 0 Å². The summed E-state index contributed by atoms with van der Waals surface area (Å²) in [6.07, 6.45) is 4.98. The summed E-state index contributed by atoms with van der Waals surface area (Å²) < 4.78 is 0. The normalized spacial score (nSPS) is 15.8. The van der Waals surface area contributed by atoms with Gasteiger partial charge in [0.15, 0.2) is 0 Å². The number of nitro groups is 1. The maximum atomic E-state index is 10.9. The van der Waals surface area contributed by atoms with E-state index in [2.05, 4.69) is 17.2 Å². The number of anilines is 1. The molecule has 0 spiro atoms. The summed E-state index contributed by atoms with van der Waals surface area (Å²) in [6.45, 7) is 3.77. The van der Waals surface area contributed by atoms with Crippen LogP contribution in [0, 0.1) is 10.1 Å². The van der Waals surface area contributed by atoms with Crippen LogP contribution in [0.25, 0.3) is 0 Å². The third-order valence-electron chi connectivity index (χ3n) is 4.08. The summed E-state index contributed by atoms with van der Waals surface area (Å²) in [5.74, 6) is 5.51. The van der Waals surface area contributed by atoms with Gasteiger partial charge in [-0.15, -0.1) is 0 Å². The standard InChI is InChI=1S/C14H22N4O2/c1-2-17(12-5-3-4-6-12)10-11-9-13(18(19)20)7-8-14(11)16-15/h7-9,12,16H,2-6,10,15H2,1H3. The number of nitrogens with one attached hydrogen (secondary N) is 1. The molecule has 6 heteroatoms. The van der Waals surface area contributed by atoms with Crippen LogP contribution in [0.15, 0.2) is 18.2 Å². The highest BCUT2D eigenvalue weighted by Gasteiger charge is 2.22. The van der Waals surface area contributed by atoms with Gasteiger partial charge < -0.3 is 5.43 Å². The van der Waals surface area contributed by atoms with Gasteiger partial charge in [0, 0.05) is 24.7 Å². The molecule has 20 heavy (non-hydrogen) atoms. The molecule has 2 rings (SSSR count). The van der Waals surface area contributed by atoms with Crippen LogP contribution in [0.1, 0.15) is 38.2 Å². The van der Waals surface area contributed by atoms with E-state index in [0.717, 1.165) is 17.8 Å². The molecule has 1 aromatic rings. The summed E-state index contributed by atoms with van der Waals surface area (Å²) >= 11 is 0. The summed E-state index contributed by atoms with van der Waals surface area (Å²) in [4.78, 5) is 12.9. The highest BCUT2D eigenvalue weighted by molar-refractivity contribution is 5.55. The molecule has 1 fully saturated rings. The summed E-state index contributed by atoms with van der Waals surface area (Å²) in [5, 5.41) is 10.9. The van der Waals surface area contributed by atoms with Gasteiger partial charge in [0.25, 0.3) is 5.69 Å². The Morgan fingerprint density at radius 2 is 2.15 bits per heavy atom. The molecule has 0 heterocycles. The van der Waals surface area contributed by atoms with Crippen molar-refractivity contribution in [2.45, 2.75) is 45.2 Å². The molecule has 0 unspecified atom stereocenters. The number of benzene rings is 1. The molecule has 1 aliphatic rings. The van der Waals surface area contributed by atoms with Crippen LogP contribution >= 0.6 is 0 Å². The Kier molecular flexibility index (Phi) is 4.92. The predicted octanol–water partition coefficient (Wildman–Crippen LogP) is 2.64. The predicted molar refractivity (Wildman–Crippen MR) is 79.2 cm³/mol. The van der Waals surface area contributed by atoms with Crippen LogP contribution in [0.2, 0.25) is 0 Å². The van der Waals surface area contributed by atoms with Crippen molar-refractivity contribution in [3.63, 3.8) is 0 Å². The van der Waals surface area contributed by atoms with Gasteiger partial charge >= 0.3 is 0 Å². The Labute approximate surface area is 119 Å². The molecule has 0 saturated heterocycles. The fraction of sp³-hybridized carbons (Fsp3) is 0.571. The van der Waals surface area contributed by atoms with E-state index in [-0.39, 0.29) is 10.6 Å². The molecular weight excluding hydrogens is 256 g/mol. The van der Waals surface area contributed by atoms with E-state index >= 15 is 0 Å². The lowest BCUT2D eigenvalue weighted by molar-refractivity contribution is -0.384. The number of nitrogen functional groups attached to an aromatic ring is 1. The molecule has 0 bridgehead atoms. The molecule has 0 radical (unpaired) electrons. The summed E-state index contributed by atoms with van der Waals surface area (Å²) in [7, 11) is 0. The molecule has 0 amide bonds. The van der Waals surface area contributed by atoms with Crippen LogP contribution < -0.4 is 11.3 Å². The second-order valence-corrected chi connectivity index (χ2v) is 5.24. The van der Waals surface area contributed by atoms with E-state index in [1.807, 2.05) is 0 Å². The molecule has 1 aliphatic carbocycles. The number of hydrazine groups is 1. The van der Waals surface area contributed by atoms with Crippen molar-refractivity contribution < 1.29 is 4.92 Å². The zero-order valence-corrected chi connectivity index (χ0v) is 11.8. The number of nitrogens with zero attached hydrogens (tertiary/aromatic N) is 2. The number of rotatable bonds is 6. The molecule has 3 N–H and O–H groups in total. The first-order chi connectivity index (χ1) is 9.65. The molecule has 0 aliphatic heterocycles.